The van der Waals surface area contributed by atoms with Gasteiger partial charge in [-0.2, -0.15) is 0 Å². The van der Waals surface area contributed by atoms with Crippen LogP contribution in [0.25, 0.3) is 0 Å². The van der Waals surface area contributed by atoms with Crippen LogP contribution in [0.15, 0.2) is 72.9 Å². The van der Waals surface area contributed by atoms with Crippen LogP contribution in [0, 0.1) is 0 Å². The van der Waals surface area contributed by atoms with Gasteiger partial charge in [0.05, 0.1) is 34.2 Å². The maximum absolute atomic E-state index is 12.5. The Morgan fingerprint density at radius 2 is 1.20 bits per heavy atom. The Balaban J connectivity index is 4.64. The molecule has 2 unspecified atom stereocenters. The number of ether oxygens (including phenoxy) is 2. The molecule has 9 nitrogen and oxygen atoms in total. The summed E-state index contributed by atoms with van der Waals surface area (Å²) in [4.78, 5) is 37.2. The van der Waals surface area contributed by atoms with Crippen LogP contribution < -0.4 is 4.89 Å². The molecule has 10 heteroatoms. The van der Waals surface area contributed by atoms with E-state index in [2.05, 4.69) is 68.5 Å². The Hall–Kier alpha value is -2.55. The van der Waals surface area contributed by atoms with Gasteiger partial charge in [-0.05, 0) is 57.8 Å². The van der Waals surface area contributed by atoms with Crippen molar-refractivity contribution in [3.63, 3.8) is 0 Å². The average Bonchev–Trinajstić information content (AvgIpc) is 3.06. The number of nitrogens with zero attached hydrogens (tertiary/aromatic N) is 1. The molecule has 0 aromatic rings. The zero-order valence-electron chi connectivity index (χ0n) is 31.8. The molecule has 0 N–H and O–H groups in total. The second-order valence-electron chi connectivity index (χ2n) is 13.2. The Bertz CT molecular complexity index is 1090. The fourth-order valence-corrected chi connectivity index (χ4v) is 5.02. The first-order valence-corrected chi connectivity index (χ1v) is 20.1. The number of hydrogen-bond acceptors (Lipinski definition) is 8. The Morgan fingerprint density at radius 3 is 1.78 bits per heavy atom. The summed E-state index contributed by atoms with van der Waals surface area (Å²) < 4.78 is 33.5. The molecule has 50 heavy (non-hydrogen) atoms. The summed E-state index contributed by atoms with van der Waals surface area (Å²) in [6.07, 6.45) is 38.2. The van der Waals surface area contributed by atoms with E-state index >= 15 is 0 Å². The zero-order valence-corrected chi connectivity index (χ0v) is 32.7. The normalized spacial score (nSPS) is 14.6. The SMILES string of the molecule is CC/C=C\C/C=C\C/C=C\C/C=C\C/C=C\CC(=O)OC(COC(=O)CCCCCCC/C=C\CCCC)COP(=O)([O-])OCC[N+](C)(C)C. The summed E-state index contributed by atoms with van der Waals surface area (Å²) >= 11 is 0. The number of esters is 2. The molecule has 0 radical (unpaired) electrons. The third-order valence-corrected chi connectivity index (χ3v) is 8.21. The van der Waals surface area contributed by atoms with Gasteiger partial charge in [-0.25, -0.2) is 0 Å². The molecular formula is C40H68NO8P. The number of unbranched alkanes of at least 4 members (excludes halogenated alkanes) is 7. The van der Waals surface area contributed by atoms with Crippen LogP contribution in [-0.4, -0.2) is 70.0 Å². The summed E-state index contributed by atoms with van der Waals surface area (Å²) in [5, 5.41) is 0. The Morgan fingerprint density at radius 1 is 0.660 bits per heavy atom. The second-order valence-corrected chi connectivity index (χ2v) is 14.6. The van der Waals surface area contributed by atoms with Crippen molar-refractivity contribution in [2.24, 2.45) is 0 Å². The van der Waals surface area contributed by atoms with Gasteiger partial charge in [0.25, 0.3) is 7.82 Å². The molecule has 0 aliphatic heterocycles. The quantitative estimate of drug-likeness (QED) is 0.0222. The maximum Gasteiger partial charge on any atom is 0.310 e. The summed E-state index contributed by atoms with van der Waals surface area (Å²) in [6, 6.07) is 0. The smallest absolute Gasteiger partial charge is 0.310 e. The van der Waals surface area contributed by atoms with Crippen LogP contribution in [0.4, 0.5) is 0 Å². The van der Waals surface area contributed by atoms with Crippen molar-refractivity contribution >= 4 is 19.8 Å². The highest BCUT2D eigenvalue weighted by Gasteiger charge is 2.21. The molecule has 0 aromatic carbocycles. The number of phosphoric ester groups is 1. The molecule has 0 aromatic heterocycles. The number of carbonyl (C=O) groups is 2. The topological polar surface area (TPSA) is 111 Å². The van der Waals surface area contributed by atoms with Crippen molar-refractivity contribution in [1.29, 1.82) is 0 Å². The van der Waals surface area contributed by atoms with E-state index in [-0.39, 0.29) is 26.1 Å². The molecule has 0 saturated heterocycles. The molecule has 0 fully saturated rings. The van der Waals surface area contributed by atoms with E-state index in [1.807, 2.05) is 33.3 Å². The van der Waals surface area contributed by atoms with Crippen molar-refractivity contribution in [3.8, 4) is 0 Å². The van der Waals surface area contributed by atoms with Gasteiger partial charge in [0, 0.05) is 6.42 Å². The zero-order chi connectivity index (χ0) is 37.2. The minimum Gasteiger partial charge on any atom is -0.756 e. The van der Waals surface area contributed by atoms with Crippen LogP contribution in [0.5, 0.6) is 0 Å². The first-order chi connectivity index (χ1) is 24.0. The summed E-state index contributed by atoms with van der Waals surface area (Å²) in [7, 11) is 1.09. The number of phosphoric acid groups is 1. The highest BCUT2D eigenvalue weighted by molar-refractivity contribution is 7.45. The lowest BCUT2D eigenvalue weighted by molar-refractivity contribution is -0.870. The molecule has 0 rings (SSSR count). The standard InChI is InChI=1S/C40H68NO8P/c1-6-8-10-12-14-16-18-19-20-21-23-25-27-29-31-33-40(43)49-38(37-48-50(44,45)47-35-34-41(3,4)5)36-46-39(42)32-30-28-26-24-22-17-15-13-11-9-7-2/h8,10,13-16,19-20,23,25,29,31,38H,6-7,9,11-12,17-18,21-22,24,26-28,30,32-37H2,1-5H3/b10-8-,15-13-,16-14-,20-19-,25-23-,31-29-. The van der Waals surface area contributed by atoms with Crippen LogP contribution in [0.2, 0.25) is 0 Å². The van der Waals surface area contributed by atoms with E-state index in [1.54, 1.807) is 6.08 Å². The van der Waals surface area contributed by atoms with Crippen molar-refractivity contribution in [2.45, 2.75) is 123 Å². The molecule has 0 aliphatic rings. The molecule has 0 saturated carbocycles. The van der Waals surface area contributed by atoms with Crippen LogP contribution in [0.3, 0.4) is 0 Å². The van der Waals surface area contributed by atoms with Gasteiger partial charge < -0.3 is 27.9 Å². The molecule has 0 bridgehead atoms. The number of carbonyl (C=O) groups excluding carboxylic acids is 2. The summed E-state index contributed by atoms with van der Waals surface area (Å²) in [5.74, 6) is -1.00. The average molecular weight is 722 g/mol. The molecule has 286 valence electrons. The van der Waals surface area contributed by atoms with E-state index in [9.17, 15) is 19.0 Å². The van der Waals surface area contributed by atoms with Gasteiger partial charge in [0.1, 0.15) is 19.8 Å². The number of likely N-dealkylation sites (N-methyl/N-ethyl adjacent to an activating group) is 1. The van der Waals surface area contributed by atoms with Crippen LogP contribution in [0.1, 0.15) is 117 Å². The van der Waals surface area contributed by atoms with Crippen molar-refractivity contribution in [1.82, 2.24) is 0 Å². The largest absolute Gasteiger partial charge is 0.756 e. The minimum absolute atomic E-state index is 0.0124. The third kappa shape index (κ3) is 35.3. The first-order valence-electron chi connectivity index (χ1n) is 18.6. The first kappa shape index (κ1) is 47.4. The van der Waals surface area contributed by atoms with E-state index in [1.165, 1.54) is 12.8 Å². The van der Waals surface area contributed by atoms with Crippen molar-refractivity contribution in [3.05, 3.63) is 72.9 Å². The van der Waals surface area contributed by atoms with Crippen LogP contribution >= 0.6 is 7.82 Å². The Kier molecular flexibility index (Phi) is 30.7. The molecule has 0 spiro atoms. The molecule has 0 heterocycles. The number of quaternary nitrogens is 1. The predicted octanol–water partition coefficient (Wildman–Crippen LogP) is 9.27. The maximum atomic E-state index is 12.5. The summed E-state index contributed by atoms with van der Waals surface area (Å²) in [5.41, 5.74) is 0. The number of rotatable bonds is 32. The van der Waals surface area contributed by atoms with Gasteiger partial charge in [-0.1, -0.05) is 119 Å². The highest BCUT2D eigenvalue weighted by atomic mass is 31.2. The number of allylic oxidation sites excluding steroid dienone is 11. The lowest BCUT2D eigenvalue weighted by Crippen LogP contribution is -2.37. The molecular weight excluding hydrogens is 653 g/mol. The minimum atomic E-state index is -4.65. The fraction of sp³-hybridized carbons (Fsp3) is 0.650. The third-order valence-electron chi connectivity index (χ3n) is 7.24. The van der Waals surface area contributed by atoms with Crippen molar-refractivity contribution in [2.75, 3.05) is 47.5 Å². The van der Waals surface area contributed by atoms with Gasteiger partial charge in [-0.3, -0.25) is 14.2 Å². The molecule has 2 atom stereocenters. The van der Waals surface area contributed by atoms with E-state index in [4.69, 9.17) is 18.5 Å². The molecule has 0 aliphatic carbocycles. The highest BCUT2D eigenvalue weighted by Crippen LogP contribution is 2.38. The molecule has 0 amide bonds. The lowest BCUT2D eigenvalue weighted by atomic mass is 10.1. The van der Waals surface area contributed by atoms with Crippen molar-refractivity contribution < 1.29 is 42.1 Å². The second kappa shape index (κ2) is 32.4. The van der Waals surface area contributed by atoms with Crippen LogP contribution in [-0.2, 0) is 32.7 Å². The summed E-state index contributed by atoms with van der Waals surface area (Å²) in [6.45, 7) is 3.90. The van der Waals surface area contributed by atoms with Gasteiger partial charge in [-0.15, -0.1) is 0 Å². The van der Waals surface area contributed by atoms with Gasteiger partial charge >= 0.3 is 11.9 Å². The van der Waals surface area contributed by atoms with Gasteiger partial charge in [0.15, 0.2) is 6.10 Å². The van der Waals surface area contributed by atoms with E-state index < -0.39 is 32.5 Å². The van der Waals surface area contributed by atoms with E-state index in [0.29, 0.717) is 23.9 Å². The monoisotopic (exact) mass is 721 g/mol. The fourth-order valence-electron chi connectivity index (χ4n) is 4.30. The predicted molar refractivity (Wildman–Crippen MR) is 203 cm³/mol. The van der Waals surface area contributed by atoms with Gasteiger partial charge in [0.2, 0.25) is 0 Å². The Labute approximate surface area is 304 Å². The number of hydrogen-bond donors (Lipinski definition) is 0. The van der Waals surface area contributed by atoms with E-state index in [0.717, 1.165) is 64.2 Å². The lowest BCUT2D eigenvalue weighted by Gasteiger charge is -2.28.